The molecule has 0 saturated carbocycles. The van der Waals surface area contributed by atoms with Gasteiger partial charge in [-0.25, -0.2) is 0 Å². The molecule has 0 spiro atoms. The van der Waals surface area contributed by atoms with Crippen molar-refractivity contribution in [3.63, 3.8) is 0 Å². The molecule has 2 atom stereocenters. The summed E-state index contributed by atoms with van der Waals surface area (Å²) >= 11 is 0. The van der Waals surface area contributed by atoms with Gasteiger partial charge in [-0.1, -0.05) is 0 Å². The van der Waals surface area contributed by atoms with E-state index in [1.54, 1.807) is 0 Å². The molecule has 1 aliphatic heterocycles. The summed E-state index contributed by atoms with van der Waals surface area (Å²) in [5.74, 6) is -1.33. The molecule has 1 heterocycles. The maximum atomic E-state index is 11.2. The molecule has 1 fully saturated rings. The van der Waals surface area contributed by atoms with Crippen molar-refractivity contribution in [3.05, 3.63) is 0 Å². The lowest BCUT2D eigenvalue weighted by atomic mass is 10.1. The molecule has 0 aliphatic carbocycles. The molecule has 0 radical (unpaired) electrons. The van der Waals surface area contributed by atoms with Gasteiger partial charge < -0.3 is 14.2 Å². The smallest absolute Gasteiger partial charge is 0.309 e. The van der Waals surface area contributed by atoms with E-state index in [1.165, 1.54) is 13.8 Å². The van der Waals surface area contributed by atoms with Gasteiger partial charge in [-0.3, -0.25) is 14.4 Å². The summed E-state index contributed by atoms with van der Waals surface area (Å²) in [6.07, 6.45) is -0.608. The highest BCUT2D eigenvalue weighted by molar-refractivity contribution is 5.72. The number of ether oxygens (including phenoxy) is 3. The molecule has 6 nitrogen and oxygen atoms in total. The molecule has 1 saturated heterocycles. The maximum Gasteiger partial charge on any atom is 0.309 e. The second kappa shape index (κ2) is 5.48. The summed E-state index contributed by atoms with van der Waals surface area (Å²) in [7, 11) is 0. The van der Waals surface area contributed by atoms with Gasteiger partial charge in [0.1, 0.15) is 18.8 Å². The van der Waals surface area contributed by atoms with Crippen molar-refractivity contribution in [2.75, 3.05) is 6.61 Å². The fourth-order valence-electron chi connectivity index (χ4n) is 1.48. The molecule has 0 bridgehead atoms. The van der Waals surface area contributed by atoms with E-state index >= 15 is 0 Å². The Bertz CT molecular complexity index is 296. The Morgan fingerprint density at radius 2 is 2.06 bits per heavy atom. The third kappa shape index (κ3) is 4.29. The highest BCUT2D eigenvalue weighted by Gasteiger charge is 2.31. The zero-order valence-electron chi connectivity index (χ0n) is 9.23. The van der Waals surface area contributed by atoms with Crippen molar-refractivity contribution in [2.45, 2.75) is 38.9 Å². The number of hydrogen-bond acceptors (Lipinski definition) is 6. The van der Waals surface area contributed by atoms with Gasteiger partial charge in [0, 0.05) is 20.3 Å². The molecule has 0 aromatic heterocycles. The first-order valence-electron chi connectivity index (χ1n) is 4.97. The summed E-state index contributed by atoms with van der Waals surface area (Å²) < 4.78 is 14.6. The Labute approximate surface area is 92.8 Å². The number of esters is 3. The molecule has 1 aliphatic rings. The number of cyclic esters (lactones) is 1. The number of hydrogen-bond donors (Lipinski definition) is 0. The summed E-state index contributed by atoms with van der Waals surface area (Å²) in [6, 6.07) is 0. The van der Waals surface area contributed by atoms with Crippen LogP contribution in [-0.2, 0) is 28.6 Å². The molecule has 0 amide bonds. The minimum atomic E-state index is -0.533. The van der Waals surface area contributed by atoms with Crippen LogP contribution in [0.1, 0.15) is 26.7 Å². The molecule has 6 heteroatoms. The van der Waals surface area contributed by atoms with E-state index in [2.05, 4.69) is 0 Å². The van der Waals surface area contributed by atoms with Crippen LogP contribution in [0.15, 0.2) is 0 Å². The zero-order valence-corrected chi connectivity index (χ0v) is 9.23. The van der Waals surface area contributed by atoms with Crippen molar-refractivity contribution < 1.29 is 28.6 Å². The van der Waals surface area contributed by atoms with Crippen LogP contribution < -0.4 is 0 Å². The fourth-order valence-corrected chi connectivity index (χ4v) is 1.48. The van der Waals surface area contributed by atoms with Gasteiger partial charge >= 0.3 is 17.9 Å². The predicted molar refractivity (Wildman–Crippen MR) is 51.3 cm³/mol. The lowest BCUT2D eigenvalue weighted by Gasteiger charge is -2.27. The summed E-state index contributed by atoms with van der Waals surface area (Å²) in [6.45, 7) is 2.55. The quantitative estimate of drug-likeness (QED) is 0.508. The molecule has 16 heavy (non-hydrogen) atoms. The van der Waals surface area contributed by atoms with Crippen LogP contribution in [0.3, 0.4) is 0 Å². The SMILES string of the molecule is CC(=O)OC[C@@H]1C[C@H](OC(C)=O)CC(=O)O1. The molecule has 90 valence electrons. The largest absolute Gasteiger partial charge is 0.462 e. The van der Waals surface area contributed by atoms with Crippen LogP contribution in [0.2, 0.25) is 0 Å². The van der Waals surface area contributed by atoms with E-state index in [0.29, 0.717) is 6.42 Å². The van der Waals surface area contributed by atoms with Crippen LogP contribution in [0.5, 0.6) is 0 Å². The molecule has 1 rings (SSSR count). The highest BCUT2D eigenvalue weighted by Crippen LogP contribution is 2.18. The van der Waals surface area contributed by atoms with Crippen molar-refractivity contribution in [2.24, 2.45) is 0 Å². The topological polar surface area (TPSA) is 78.9 Å². The Kier molecular flexibility index (Phi) is 4.28. The van der Waals surface area contributed by atoms with E-state index in [-0.39, 0.29) is 13.0 Å². The summed E-state index contributed by atoms with van der Waals surface area (Å²) in [5.41, 5.74) is 0. The first kappa shape index (κ1) is 12.5. The average Bonchev–Trinajstić information content (AvgIpc) is 2.12. The van der Waals surface area contributed by atoms with Gasteiger partial charge in [0.25, 0.3) is 0 Å². The van der Waals surface area contributed by atoms with Crippen LogP contribution in [0.25, 0.3) is 0 Å². The Morgan fingerprint density at radius 3 is 2.62 bits per heavy atom. The van der Waals surface area contributed by atoms with E-state index in [1.807, 2.05) is 0 Å². The first-order valence-corrected chi connectivity index (χ1v) is 4.97. The highest BCUT2D eigenvalue weighted by atomic mass is 16.6. The molecular weight excluding hydrogens is 216 g/mol. The number of carbonyl (C=O) groups excluding carboxylic acids is 3. The molecule has 0 unspecified atom stereocenters. The van der Waals surface area contributed by atoms with Crippen molar-refractivity contribution in [1.29, 1.82) is 0 Å². The minimum Gasteiger partial charge on any atom is -0.462 e. The van der Waals surface area contributed by atoms with E-state index in [9.17, 15) is 14.4 Å². The Morgan fingerprint density at radius 1 is 1.38 bits per heavy atom. The lowest BCUT2D eigenvalue weighted by Crippen LogP contribution is -2.37. The van der Waals surface area contributed by atoms with Gasteiger partial charge in [-0.05, 0) is 0 Å². The number of carbonyl (C=O) groups is 3. The van der Waals surface area contributed by atoms with Gasteiger partial charge in [-0.15, -0.1) is 0 Å². The fraction of sp³-hybridized carbons (Fsp3) is 0.700. The second-order valence-electron chi connectivity index (χ2n) is 3.59. The third-order valence-electron chi connectivity index (χ3n) is 2.02. The van der Waals surface area contributed by atoms with E-state index in [4.69, 9.17) is 14.2 Å². The van der Waals surface area contributed by atoms with Crippen molar-refractivity contribution in [3.8, 4) is 0 Å². The van der Waals surface area contributed by atoms with E-state index < -0.39 is 30.1 Å². The van der Waals surface area contributed by atoms with Gasteiger partial charge in [-0.2, -0.15) is 0 Å². The monoisotopic (exact) mass is 230 g/mol. The maximum absolute atomic E-state index is 11.2. The number of rotatable bonds is 3. The van der Waals surface area contributed by atoms with Gasteiger partial charge in [0.2, 0.25) is 0 Å². The standard InChI is InChI=1S/C10H14O6/c1-6(11)14-5-9-3-8(15-7(2)12)4-10(13)16-9/h8-9H,3-5H2,1-2H3/t8-,9-/m0/s1. The molecule has 0 N–H and O–H groups in total. The molecule has 0 aromatic carbocycles. The Hall–Kier alpha value is -1.59. The summed E-state index contributed by atoms with van der Waals surface area (Å²) in [4.78, 5) is 32.5. The first-order chi connectivity index (χ1) is 7.47. The second-order valence-corrected chi connectivity index (χ2v) is 3.59. The van der Waals surface area contributed by atoms with E-state index in [0.717, 1.165) is 0 Å². The van der Waals surface area contributed by atoms with Gasteiger partial charge in [0.05, 0.1) is 6.42 Å². The lowest BCUT2D eigenvalue weighted by molar-refractivity contribution is -0.174. The third-order valence-corrected chi connectivity index (χ3v) is 2.02. The summed E-state index contributed by atoms with van der Waals surface area (Å²) in [5, 5.41) is 0. The minimum absolute atomic E-state index is 0.00115. The normalized spacial score (nSPS) is 24.5. The van der Waals surface area contributed by atoms with Crippen molar-refractivity contribution >= 4 is 17.9 Å². The van der Waals surface area contributed by atoms with Crippen molar-refractivity contribution in [1.82, 2.24) is 0 Å². The Balaban J connectivity index is 2.44. The van der Waals surface area contributed by atoms with Gasteiger partial charge in [0.15, 0.2) is 0 Å². The van der Waals surface area contributed by atoms with Crippen LogP contribution >= 0.6 is 0 Å². The predicted octanol–water partition coefficient (Wildman–Crippen LogP) is 0.187. The zero-order chi connectivity index (χ0) is 12.1. The molecule has 0 aromatic rings. The van der Waals surface area contributed by atoms with Crippen LogP contribution in [0, 0.1) is 0 Å². The van der Waals surface area contributed by atoms with Crippen LogP contribution in [-0.4, -0.2) is 36.7 Å². The average molecular weight is 230 g/mol. The molecular formula is C10H14O6. The van der Waals surface area contributed by atoms with Crippen LogP contribution in [0.4, 0.5) is 0 Å².